The van der Waals surface area contributed by atoms with Crippen molar-refractivity contribution in [3.8, 4) is 0 Å². The van der Waals surface area contributed by atoms with E-state index in [1.165, 1.54) is 11.9 Å². The average molecular weight is 262 g/mol. The number of benzene rings is 1. The lowest BCUT2D eigenvalue weighted by Gasteiger charge is -2.01. The lowest BCUT2D eigenvalue weighted by molar-refractivity contribution is 0.972. The van der Waals surface area contributed by atoms with Gasteiger partial charge in [-0.25, -0.2) is 4.98 Å². The lowest BCUT2D eigenvalue weighted by Crippen LogP contribution is -2.06. The highest BCUT2D eigenvalue weighted by Crippen LogP contribution is 2.10. The monoisotopic (exact) mass is 261 g/mol. The quantitative estimate of drug-likeness (QED) is 0.578. The number of anilines is 1. The Morgan fingerprint density at radius 1 is 1.19 bits per heavy atom. The van der Waals surface area contributed by atoms with Gasteiger partial charge >= 0.3 is 0 Å². The number of nitrogens with one attached hydrogen (secondary N) is 2. The predicted molar refractivity (Wildman–Crippen MR) is 67.9 cm³/mol. The molecule has 0 saturated carbocycles. The third-order valence-electron chi connectivity index (χ3n) is 1.96. The Hall–Kier alpha value is -1.30. The number of hydrogen-bond acceptors (Lipinski definition) is 4. The molecule has 0 unspecified atom stereocenters. The maximum Gasteiger partial charge on any atom is 0.137 e. The van der Waals surface area contributed by atoms with E-state index in [0.717, 1.165) is 17.9 Å². The van der Waals surface area contributed by atoms with Crippen molar-refractivity contribution in [2.75, 3.05) is 5.43 Å². The Kier molecular flexibility index (Phi) is 6.48. The molecule has 5 nitrogen and oxygen atoms in total. The molecule has 1 aromatic carbocycles. The highest BCUT2D eigenvalue weighted by Gasteiger charge is 1.98. The highest BCUT2D eigenvalue weighted by atomic mass is 35.5. The fourth-order valence-corrected chi connectivity index (χ4v) is 1.23. The van der Waals surface area contributed by atoms with E-state index in [0.29, 0.717) is 0 Å². The topological polar surface area (TPSA) is 79.6 Å². The number of H-pyrrole nitrogens is 1. The molecule has 2 rings (SSSR count). The lowest BCUT2D eigenvalue weighted by atomic mass is 10.1. The van der Waals surface area contributed by atoms with Crippen molar-refractivity contribution in [2.24, 2.45) is 5.84 Å². The molecule has 0 fully saturated rings. The van der Waals surface area contributed by atoms with E-state index in [1.807, 2.05) is 24.3 Å². The summed E-state index contributed by atoms with van der Waals surface area (Å²) in [6.45, 7) is 0. The van der Waals surface area contributed by atoms with E-state index in [1.54, 1.807) is 0 Å². The van der Waals surface area contributed by atoms with Gasteiger partial charge in [-0.15, -0.1) is 24.8 Å². The number of nitrogens with two attached hydrogens (primary N) is 1. The first-order valence-corrected chi connectivity index (χ1v) is 4.28. The van der Waals surface area contributed by atoms with Crippen LogP contribution < -0.4 is 11.3 Å². The van der Waals surface area contributed by atoms with Crippen molar-refractivity contribution in [1.29, 1.82) is 0 Å². The van der Waals surface area contributed by atoms with Gasteiger partial charge in [-0.2, -0.15) is 5.10 Å². The third kappa shape index (κ3) is 3.69. The second kappa shape index (κ2) is 7.05. The van der Waals surface area contributed by atoms with Gasteiger partial charge in [0.1, 0.15) is 12.2 Å². The zero-order valence-corrected chi connectivity index (χ0v) is 10.0. The minimum absolute atomic E-state index is 0. The predicted octanol–water partition coefficient (Wildman–Crippen LogP) is 1.52. The van der Waals surface area contributed by atoms with E-state index >= 15 is 0 Å². The van der Waals surface area contributed by atoms with E-state index in [4.69, 9.17) is 5.84 Å². The molecule has 0 aliphatic rings. The molecule has 1 heterocycles. The van der Waals surface area contributed by atoms with Crippen LogP contribution in [0.25, 0.3) is 0 Å². The normalized spacial score (nSPS) is 8.81. The first kappa shape index (κ1) is 14.7. The summed E-state index contributed by atoms with van der Waals surface area (Å²) in [7, 11) is 0. The van der Waals surface area contributed by atoms with Crippen molar-refractivity contribution < 1.29 is 0 Å². The van der Waals surface area contributed by atoms with Crippen LogP contribution in [-0.4, -0.2) is 15.2 Å². The van der Waals surface area contributed by atoms with Gasteiger partial charge in [-0.3, -0.25) is 10.9 Å². The van der Waals surface area contributed by atoms with Crippen LogP contribution in [0.1, 0.15) is 11.4 Å². The molecule has 0 atom stereocenters. The molecule has 0 bridgehead atoms. The molecule has 0 saturated heterocycles. The van der Waals surface area contributed by atoms with Crippen LogP contribution in [-0.2, 0) is 6.42 Å². The van der Waals surface area contributed by atoms with Gasteiger partial charge in [0.05, 0.1) is 0 Å². The summed E-state index contributed by atoms with van der Waals surface area (Å²) in [4.78, 5) is 4.05. The van der Waals surface area contributed by atoms with E-state index in [2.05, 4.69) is 20.6 Å². The second-order valence-electron chi connectivity index (χ2n) is 2.95. The van der Waals surface area contributed by atoms with E-state index in [-0.39, 0.29) is 24.8 Å². The minimum Gasteiger partial charge on any atom is -0.324 e. The highest BCUT2D eigenvalue weighted by molar-refractivity contribution is 5.85. The molecule has 0 radical (unpaired) electrons. The smallest absolute Gasteiger partial charge is 0.137 e. The summed E-state index contributed by atoms with van der Waals surface area (Å²) in [5.41, 5.74) is 4.64. The standard InChI is InChI=1S/C9H11N5.2ClH/c10-13-8-3-1-7(2-4-8)5-9-11-6-12-14-9;;/h1-4,6,13H,5,10H2,(H,11,12,14);2*1H. The number of halogens is 2. The van der Waals surface area contributed by atoms with Crippen LogP contribution >= 0.6 is 24.8 Å². The largest absolute Gasteiger partial charge is 0.324 e. The van der Waals surface area contributed by atoms with Gasteiger partial charge in [0.15, 0.2) is 0 Å². The average Bonchev–Trinajstić information content (AvgIpc) is 2.72. The Morgan fingerprint density at radius 2 is 1.88 bits per heavy atom. The fourth-order valence-electron chi connectivity index (χ4n) is 1.23. The molecule has 16 heavy (non-hydrogen) atoms. The summed E-state index contributed by atoms with van der Waals surface area (Å²) in [6.07, 6.45) is 2.26. The Bertz CT molecular complexity index is 387. The van der Waals surface area contributed by atoms with Crippen molar-refractivity contribution in [1.82, 2.24) is 15.2 Å². The van der Waals surface area contributed by atoms with Crippen LogP contribution in [0.4, 0.5) is 5.69 Å². The van der Waals surface area contributed by atoms with Crippen molar-refractivity contribution >= 4 is 30.5 Å². The second-order valence-corrected chi connectivity index (χ2v) is 2.95. The molecule has 0 aliphatic heterocycles. The number of nitrogen functional groups attached to an aromatic ring is 1. The Labute approximate surface area is 106 Å². The van der Waals surface area contributed by atoms with Crippen molar-refractivity contribution in [3.05, 3.63) is 42.0 Å². The van der Waals surface area contributed by atoms with Crippen LogP contribution in [0.15, 0.2) is 30.6 Å². The third-order valence-corrected chi connectivity index (χ3v) is 1.96. The zero-order chi connectivity index (χ0) is 9.80. The minimum atomic E-state index is 0. The summed E-state index contributed by atoms with van der Waals surface area (Å²) in [5, 5.41) is 6.60. The summed E-state index contributed by atoms with van der Waals surface area (Å²) >= 11 is 0. The number of rotatable bonds is 3. The molecule has 0 amide bonds. The summed E-state index contributed by atoms with van der Waals surface area (Å²) in [6, 6.07) is 7.84. The number of hydrogen-bond donors (Lipinski definition) is 3. The fraction of sp³-hybridized carbons (Fsp3) is 0.111. The number of hydrazine groups is 1. The van der Waals surface area contributed by atoms with Gasteiger partial charge in [0.25, 0.3) is 0 Å². The van der Waals surface area contributed by atoms with Crippen LogP contribution in [0.5, 0.6) is 0 Å². The molecule has 0 spiro atoms. The van der Waals surface area contributed by atoms with Crippen LogP contribution in [0.3, 0.4) is 0 Å². The van der Waals surface area contributed by atoms with Gasteiger partial charge in [0, 0.05) is 12.1 Å². The molecule has 0 aliphatic carbocycles. The number of aromatic nitrogens is 3. The maximum absolute atomic E-state index is 5.26. The van der Waals surface area contributed by atoms with Crippen molar-refractivity contribution in [2.45, 2.75) is 6.42 Å². The summed E-state index contributed by atoms with van der Waals surface area (Å²) in [5.74, 6) is 6.12. The first-order chi connectivity index (χ1) is 6.88. The molecular weight excluding hydrogens is 249 g/mol. The Morgan fingerprint density at radius 3 is 2.38 bits per heavy atom. The SMILES string of the molecule is Cl.Cl.NNc1ccc(Cc2ncn[nH]2)cc1. The number of aromatic amines is 1. The van der Waals surface area contributed by atoms with Gasteiger partial charge in [-0.05, 0) is 17.7 Å². The van der Waals surface area contributed by atoms with Crippen LogP contribution in [0.2, 0.25) is 0 Å². The van der Waals surface area contributed by atoms with Crippen LogP contribution in [0, 0.1) is 0 Å². The number of nitrogens with zero attached hydrogens (tertiary/aromatic N) is 2. The Balaban J connectivity index is 0.00000112. The maximum atomic E-state index is 5.26. The van der Waals surface area contributed by atoms with E-state index < -0.39 is 0 Å². The van der Waals surface area contributed by atoms with E-state index in [9.17, 15) is 0 Å². The van der Waals surface area contributed by atoms with Gasteiger partial charge in [-0.1, -0.05) is 12.1 Å². The molecule has 2 aromatic rings. The molecule has 88 valence electrons. The van der Waals surface area contributed by atoms with Gasteiger partial charge < -0.3 is 5.43 Å². The molecular formula is C9H13Cl2N5. The van der Waals surface area contributed by atoms with Gasteiger partial charge in [0.2, 0.25) is 0 Å². The summed E-state index contributed by atoms with van der Waals surface area (Å²) < 4.78 is 0. The molecule has 4 N–H and O–H groups in total. The van der Waals surface area contributed by atoms with Crippen molar-refractivity contribution in [3.63, 3.8) is 0 Å². The zero-order valence-electron chi connectivity index (χ0n) is 8.38. The first-order valence-electron chi connectivity index (χ1n) is 4.28. The molecule has 7 heteroatoms. The molecule has 1 aromatic heterocycles.